The Morgan fingerprint density at radius 2 is 1.15 bits per heavy atom. The molecule has 1 saturated heterocycles. The van der Waals surface area contributed by atoms with Crippen molar-refractivity contribution in [1.29, 1.82) is 0 Å². The Labute approximate surface area is 226 Å². The van der Waals surface area contributed by atoms with Crippen LogP contribution in [-0.4, -0.2) is 18.3 Å². The van der Waals surface area contributed by atoms with E-state index in [4.69, 9.17) is 20.8 Å². The predicted octanol–water partition coefficient (Wildman–Crippen LogP) is 8.33. The normalized spacial score (nSPS) is 15.6. The van der Waals surface area contributed by atoms with E-state index in [0.717, 1.165) is 11.0 Å². The molecular formula is C24H30BBr3F2N2O2. The molecule has 4 N–H and O–H groups in total. The molecule has 4 nitrogen and oxygen atoms in total. The van der Waals surface area contributed by atoms with E-state index in [0.29, 0.717) is 30.4 Å². The van der Waals surface area contributed by atoms with Crippen LogP contribution in [0.3, 0.4) is 0 Å². The van der Waals surface area contributed by atoms with Gasteiger partial charge in [0.15, 0.2) is 0 Å². The summed E-state index contributed by atoms with van der Waals surface area (Å²) in [6.07, 6.45) is 0. The highest BCUT2D eigenvalue weighted by Crippen LogP contribution is 2.38. The highest BCUT2D eigenvalue weighted by atomic mass is 79.9. The fourth-order valence-corrected chi connectivity index (χ4v) is 4.10. The van der Waals surface area contributed by atoms with Gasteiger partial charge in [-0.05, 0) is 119 Å². The van der Waals surface area contributed by atoms with E-state index < -0.39 is 0 Å². The van der Waals surface area contributed by atoms with Crippen LogP contribution in [-0.2, 0) is 9.31 Å². The number of halogens is 5. The van der Waals surface area contributed by atoms with Crippen molar-refractivity contribution in [3.8, 4) is 0 Å². The lowest BCUT2D eigenvalue weighted by molar-refractivity contribution is 0.00578. The smallest absolute Gasteiger partial charge is 0.400 e. The molecule has 0 aromatic heterocycles. The van der Waals surface area contributed by atoms with Gasteiger partial charge in [0, 0.05) is 19.0 Å². The van der Waals surface area contributed by atoms with Crippen molar-refractivity contribution in [3.05, 3.63) is 73.5 Å². The molecule has 2 aromatic carbocycles. The number of nitrogen functional groups attached to an aromatic ring is 2. The van der Waals surface area contributed by atoms with Gasteiger partial charge < -0.3 is 20.8 Å². The van der Waals surface area contributed by atoms with Crippen molar-refractivity contribution in [1.82, 2.24) is 0 Å². The van der Waals surface area contributed by atoms with E-state index in [2.05, 4.69) is 60.9 Å². The van der Waals surface area contributed by atoms with Crippen LogP contribution in [0, 0.1) is 11.6 Å². The molecule has 0 atom stereocenters. The minimum atomic E-state index is -0.312. The van der Waals surface area contributed by atoms with Crippen LogP contribution in [0.4, 0.5) is 20.2 Å². The zero-order valence-electron chi connectivity index (χ0n) is 20.2. The molecule has 3 rings (SSSR count). The zero-order valence-corrected chi connectivity index (χ0v) is 24.9. The second-order valence-corrected chi connectivity index (χ2v) is 11.4. The summed E-state index contributed by atoms with van der Waals surface area (Å²) in [5, 5.41) is 0. The SMILES string of the molecule is C=C(C)B1OC(C)(C)C(C)(C)O1.C=C(C)c1cc(F)cc(Br)c1N.Nc1c(Br)cc(F)cc1Br. The van der Waals surface area contributed by atoms with E-state index in [1.54, 1.807) is 6.92 Å². The number of benzene rings is 2. The third-order valence-corrected chi connectivity index (χ3v) is 7.22. The maximum atomic E-state index is 12.8. The lowest BCUT2D eigenvalue weighted by Crippen LogP contribution is -2.41. The summed E-state index contributed by atoms with van der Waals surface area (Å²) >= 11 is 9.36. The Kier molecular flexibility index (Phi) is 11.0. The number of anilines is 2. The van der Waals surface area contributed by atoms with Crippen LogP contribution in [0.5, 0.6) is 0 Å². The second kappa shape index (κ2) is 12.2. The summed E-state index contributed by atoms with van der Waals surface area (Å²) < 4.78 is 38.4. The van der Waals surface area contributed by atoms with Crippen molar-refractivity contribution in [2.45, 2.75) is 52.7 Å². The lowest BCUT2D eigenvalue weighted by atomic mass is 9.81. The van der Waals surface area contributed by atoms with Crippen LogP contribution >= 0.6 is 47.8 Å². The molecule has 34 heavy (non-hydrogen) atoms. The molecular weight excluding hydrogens is 637 g/mol. The van der Waals surface area contributed by atoms with Gasteiger partial charge in [0.2, 0.25) is 0 Å². The Balaban J connectivity index is 0.000000256. The first-order valence-electron chi connectivity index (χ1n) is 10.2. The largest absolute Gasteiger partial charge is 0.489 e. The molecule has 0 saturated carbocycles. The van der Waals surface area contributed by atoms with Crippen LogP contribution in [0.25, 0.3) is 5.57 Å². The molecule has 1 fully saturated rings. The Morgan fingerprint density at radius 3 is 1.47 bits per heavy atom. The summed E-state index contributed by atoms with van der Waals surface area (Å²) in [4.78, 5) is 0. The molecule has 0 aliphatic carbocycles. The van der Waals surface area contributed by atoms with E-state index in [-0.39, 0.29) is 30.0 Å². The molecule has 1 heterocycles. The first-order valence-corrected chi connectivity index (χ1v) is 12.6. The van der Waals surface area contributed by atoms with E-state index in [9.17, 15) is 8.78 Å². The molecule has 1 aliphatic rings. The lowest BCUT2D eigenvalue weighted by Gasteiger charge is -2.32. The first kappa shape index (κ1) is 30.8. The maximum Gasteiger partial charge on any atom is 0.489 e. The van der Waals surface area contributed by atoms with Gasteiger partial charge in [-0.25, -0.2) is 8.78 Å². The molecule has 0 bridgehead atoms. The minimum absolute atomic E-state index is 0.239. The van der Waals surface area contributed by atoms with Gasteiger partial charge in [-0.3, -0.25) is 0 Å². The number of nitrogens with two attached hydrogens (primary N) is 2. The van der Waals surface area contributed by atoms with E-state index in [1.165, 1.54) is 24.3 Å². The monoisotopic (exact) mass is 664 g/mol. The van der Waals surface area contributed by atoms with E-state index in [1.807, 2.05) is 34.6 Å². The molecule has 1 aliphatic heterocycles. The second-order valence-electron chi connectivity index (χ2n) is 8.85. The summed E-state index contributed by atoms with van der Waals surface area (Å²) in [7, 11) is -0.241. The van der Waals surface area contributed by atoms with Crippen LogP contribution in [0.2, 0.25) is 0 Å². The summed E-state index contributed by atoms with van der Waals surface area (Å²) in [6.45, 7) is 19.4. The first-order chi connectivity index (χ1) is 15.4. The quantitative estimate of drug-likeness (QED) is 0.250. The van der Waals surface area contributed by atoms with Gasteiger partial charge >= 0.3 is 7.12 Å². The van der Waals surface area contributed by atoms with Gasteiger partial charge in [0.1, 0.15) is 11.6 Å². The van der Waals surface area contributed by atoms with Crippen LogP contribution in [0.15, 0.2) is 56.3 Å². The van der Waals surface area contributed by atoms with Gasteiger partial charge in [0.25, 0.3) is 0 Å². The topological polar surface area (TPSA) is 70.5 Å². The van der Waals surface area contributed by atoms with Gasteiger partial charge in [-0.2, -0.15) is 0 Å². The summed E-state index contributed by atoms with van der Waals surface area (Å²) in [5.74, 6) is -0.623. The third-order valence-electron chi connectivity index (χ3n) is 5.25. The van der Waals surface area contributed by atoms with E-state index >= 15 is 0 Å². The van der Waals surface area contributed by atoms with Crippen molar-refractivity contribution < 1.29 is 18.1 Å². The summed E-state index contributed by atoms with van der Waals surface area (Å²) in [5.41, 5.74) is 14.1. The fraction of sp³-hybridized carbons (Fsp3) is 0.333. The average molecular weight is 667 g/mol. The average Bonchev–Trinajstić information content (AvgIpc) is 2.91. The molecule has 2 aromatic rings. The molecule has 0 radical (unpaired) electrons. The zero-order chi connectivity index (χ0) is 26.6. The van der Waals surface area contributed by atoms with Crippen LogP contribution in [0.1, 0.15) is 47.1 Å². The molecule has 0 unspecified atom stereocenters. The van der Waals surface area contributed by atoms with Gasteiger partial charge in [0.05, 0.1) is 22.6 Å². The maximum absolute atomic E-state index is 12.8. The van der Waals surface area contributed by atoms with Crippen molar-refractivity contribution in [2.75, 3.05) is 11.5 Å². The summed E-state index contributed by atoms with van der Waals surface area (Å²) in [6, 6.07) is 5.35. The highest BCUT2D eigenvalue weighted by molar-refractivity contribution is 9.11. The molecule has 10 heteroatoms. The fourth-order valence-electron chi connectivity index (χ4n) is 2.54. The molecule has 0 amide bonds. The Bertz CT molecular complexity index is 1040. The Morgan fingerprint density at radius 1 is 0.794 bits per heavy atom. The van der Waals surface area contributed by atoms with Crippen molar-refractivity contribution in [3.63, 3.8) is 0 Å². The number of rotatable bonds is 2. The predicted molar refractivity (Wildman–Crippen MR) is 150 cm³/mol. The standard InChI is InChI=1S/C9H17BO2.C9H9BrFN.C6H4Br2FN/c1-7(2)10-11-8(3,4)9(5,6)12-10;1-5(2)7-3-6(11)4-8(10)9(7)12;7-4-1-3(9)2-5(8)6(4)10/h1H2,2-6H3;3-4H,1,12H2,2H3;1-2H,10H2. The third kappa shape index (κ3) is 8.19. The number of hydrogen-bond donors (Lipinski definition) is 2. The Hall–Kier alpha value is -1.20. The van der Waals surface area contributed by atoms with Crippen molar-refractivity contribution >= 4 is 71.9 Å². The van der Waals surface area contributed by atoms with Crippen molar-refractivity contribution in [2.24, 2.45) is 0 Å². The van der Waals surface area contributed by atoms with Crippen LogP contribution < -0.4 is 11.5 Å². The highest BCUT2D eigenvalue weighted by Gasteiger charge is 2.51. The molecule has 0 spiro atoms. The minimum Gasteiger partial charge on any atom is -0.400 e. The van der Waals surface area contributed by atoms with Gasteiger partial charge in [-0.1, -0.05) is 12.1 Å². The number of allylic oxidation sites excluding steroid dienone is 2. The van der Waals surface area contributed by atoms with Gasteiger partial charge in [-0.15, -0.1) is 6.58 Å². The number of hydrogen-bond acceptors (Lipinski definition) is 4. The molecule has 186 valence electrons.